The second kappa shape index (κ2) is 7.14. The number of halogens is 2. The van der Waals surface area contributed by atoms with E-state index in [4.69, 9.17) is 5.73 Å². The van der Waals surface area contributed by atoms with Crippen molar-refractivity contribution in [3.63, 3.8) is 0 Å². The van der Waals surface area contributed by atoms with Crippen LogP contribution in [-0.2, 0) is 9.59 Å². The standard InChI is InChI=1S/C16H16F2N4O2S/c17-10-4-3-9(6-11(10)18)12-8-25-16(21-12)20-7-14(23)22-5-1-2-13(22)15(19)24/h3-4,6,8,13H,1-2,5,7H2,(H2,19,24)(H,20,21)/t13-/m0/s1. The molecule has 0 radical (unpaired) electrons. The fourth-order valence-electron chi connectivity index (χ4n) is 2.76. The Morgan fingerprint density at radius 1 is 1.36 bits per heavy atom. The van der Waals surface area contributed by atoms with Gasteiger partial charge in [0, 0.05) is 17.5 Å². The number of anilines is 1. The number of hydrogen-bond acceptors (Lipinski definition) is 5. The Hall–Kier alpha value is -2.55. The SMILES string of the molecule is NC(=O)[C@@H]1CCCN1C(=O)CNc1nc(-c2ccc(F)c(F)c2)cs1. The predicted octanol–water partition coefficient (Wildman–Crippen LogP) is 1.98. The number of carbonyl (C=O) groups is 2. The molecule has 1 aromatic heterocycles. The van der Waals surface area contributed by atoms with E-state index in [9.17, 15) is 18.4 Å². The third kappa shape index (κ3) is 3.76. The number of hydrogen-bond donors (Lipinski definition) is 2. The van der Waals surface area contributed by atoms with Crippen molar-refractivity contribution in [3.05, 3.63) is 35.2 Å². The molecule has 0 saturated carbocycles. The summed E-state index contributed by atoms with van der Waals surface area (Å²) in [6.07, 6.45) is 1.33. The van der Waals surface area contributed by atoms with E-state index in [1.807, 2.05) is 0 Å². The number of benzene rings is 1. The maximum absolute atomic E-state index is 13.3. The monoisotopic (exact) mass is 366 g/mol. The number of thiazole rings is 1. The molecular formula is C16H16F2N4O2S. The lowest BCUT2D eigenvalue weighted by molar-refractivity contribution is -0.135. The summed E-state index contributed by atoms with van der Waals surface area (Å²) >= 11 is 1.25. The molecule has 25 heavy (non-hydrogen) atoms. The molecule has 2 aromatic rings. The molecule has 1 aliphatic rings. The summed E-state index contributed by atoms with van der Waals surface area (Å²) in [4.78, 5) is 29.3. The number of carbonyl (C=O) groups excluding carboxylic acids is 2. The van der Waals surface area contributed by atoms with Crippen LogP contribution in [0.1, 0.15) is 12.8 Å². The minimum Gasteiger partial charge on any atom is -0.368 e. The van der Waals surface area contributed by atoms with Crippen LogP contribution in [0.5, 0.6) is 0 Å². The first-order valence-electron chi connectivity index (χ1n) is 7.69. The summed E-state index contributed by atoms with van der Waals surface area (Å²) in [6.45, 7) is 0.487. The van der Waals surface area contributed by atoms with Gasteiger partial charge in [-0.15, -0.1) is 11.3 Å². The van der Waals surface area contributed by atoms with E-state index < -0.39 is 23.6 Å². The van der Waals surface area contributed by atoms with Crippen LogP contribution in [0.4, 0.5) is 13.9 Å². The maximum atomic E-state index is 13.3. The van der Waals surface area contributed by atoms with Gasteiger partial charge in [0.15, 0.2) is 16.8 Å². The molecule has 0 bridgehead atoms. The number of rotatable bonds is 5. The first-order chi connectivity index (χ1) is 12.0. The minimum atomic E-state index is -0.943. The number of amides is 2. The van der Waals surface area contributed by atoms with E-state index in [2.05, 4.69) is 10.3 Å². The van der Waals surface area contributed by atoms with Crippen molar-refractivity contribution in [2.75, 3.05) is 18.4 Å². The van der Waals surface area contributed by atoms with Crippen molar-refractivity contribution in [2.24, 2.45) is 5.73 Å². The molecule has 3 N–H and O–H groups in total. The van der Waals surface area contributed by atoms with Gasteiger partial charge in [-0.3, -0.25) is 9.59 Å². The summed E-state index contributed by atoms with van der Waals surface area (Å²) in [5.74, 6) is -2.59. The summed E-state index contributed by atoms with van der Waals surface area (Å²) < 4.78 is 26.3. The van der Waals surface area contributed by atoms with Gasteiger partial charge in [-0.2, -0.15) is 0 Å². The minimum absolute atomic E-state index is 0.0193. The van der Waals surface area contributed by atoms with Crippen LogP contribution in [0, 0.1) is 11.6 Å². The zero-order chi connectivity index (χ0) is 18.0. The van der Waals surface area contributed by atoms with Crippen molar-refractivity contribution in [1.29, 1.82) is 0 Å². The van der Waals surface area contributed by atoms with Gasteiger partial charge in [0.25, 0.3) is 0 Å². The second-order valence-electron chi connectivity index (χ2n) is 5.67. The largest absolute Gasteiger partial charge is 0.368 e. The fourth-order valence-corrected chi connectivity index (χ4v) is 3.48. The molecule has 2 heterocycles. The molecule has 3 rings (SSSR count). The maximum Gasteiger partial charge on any atom is 0.242 e. The summed E-state index contributed by atoms with van der Waals surface area (Å²) in [5, 5.41) is 5.05. The molecule has 2 amide bonds. The van der Waals surface area contributed by atoms with Crippen LogP contribution in [0.25, 0.3) is 11.3 Å². The van der Waals surface area contributed by atoms with Gasteiger partial charge in [0.1, 0.15) is 6.04 Å². The van der Waals surface area contributed by atoms with Crippen LogP contribution in [0.15, 0.2) is 23.6 Å². The zero-order valence-electron chi connectivity index (χ0n) is 13.2. The smallest absolute Gasteiger partial charge is 0.242 e. The lowest BCUT2D eigenvalue weighted by Gasteiger charge is -2.22. The van der Waals surface area contributed by atoms with Crippen molar-refractivity contribution >= 4 is 28.3 Å². The van der Waals surface area contributed by atoms with Gasteiger partial charge in [0.05, 0.1) is 12.2 Å². The van der Waals surface area contributed by atoms with Crippen molar-refractivity contribution in [1.82, 2.24) is 9.88 Å². The van der Waals surface area contributed by atoms with Crippen LogP contribution < -0.4 is 11.1 Å². The van der Waals surface area contributed by atoms with E-state index in [-0.39, 0.29) is 12.5 Å². The van der Waals surface area contributed by atoms with Crippen LogP contribution >= 0.6 is 11.3 Å². The Kier molecular flexibility index (Phi) is 4.93. The molecule has 6 nitrogen and oxygen atoms in total. The topological polar surface area (TPSA) is 88.3 Å². The highest BCUT2D eigenvalue weighted by molar-refractivity contribution is 7.14. The van der Waals surface area contributed by atoms with E-state index in [0.717, 1.165) is 18.6 Å². The molecule has 0 aliphatic carbocycles. The number of nitrogens with two attached hydrogens (primary N) is 1. The summed E-state index contributed by atoms with van der Waals surface area (Å²) in [7, 11) is 0. The quantitative estimate of drug-likeness (QED) is 0.847. The first kappa shape index (κ1) is 17.3. The molecule has 1 aliphatic heterocycles. The molecule has 0 unspecified atom stereocenters. The molecular weight excluding hydrogens is 350 g/mol. The van der Waals surface area contributed by atoms with E-state index in [0.29, 0.717) is 29.4 Å². The number of aromatic nitrogens is 1. The summed E-state index contributed by atoms with van der Waals surface area (Å²) in [5.41, 5.74) is 6.23. The van der Waals surface area contributed by atoms with Gasteiger partial charge in [-0.05, 0) is 31.0 Å². The number of nitrogens with zero attached hydrogens (tertiary/aromatic N) is 2. The van der Waals surface area contributed by atoms with E-state index in [1.54, 1.807) is 5.38 Å². The Bertz CT molecular complexity index is 811. The molecule has 1 fully saturated rings. The number of nitrogens with one attached hydrogen (secondary N) is 1. The number of likely N-dealkylation sites (tertiary alicyclic amines) is 1. The van der Waals surface area contributed by atoms with Gasteiger partial charge in [-0.1, -0.05) is 0 Å². The average molecular weight is 366 g/mol. The first-order valence-corrected chi connectivity index (χ1v) is 8.57. The van der Waals surface area contributed by atoms with Crippen LogP contribution in [-0.4, -0.2) is 40.8 Å². The third-order valence-corrected chi connectivity index (χ3v) is 4.81. The Balaban J connectivity index is 1.63. The predicted molar refractivity (Wildman–Crippen MR) is 89.9 cm³/mol. The third-order valence-electron chi connectivity index (χ3n) is 4.01. The molecule has 1 aromatic carbocycles. The van der Waals surface area contributed by atoms with E-state index in [1.165, 1.54) is 22.3 Å². The van der Waals surface area contributed by atoms with Crippen molar-refractivity contribution in [2.45, 2.75) is 18.9 Å². The van der Waals surface area contributed by atoms with E-state index >= 15 is 0 Å². The molecule has 0 spiro atoms. The zero-order valence-corrected chi connectivity index (χ0v) is 14.0. The average Bonchev–Trinajstić information content (AvgIpc) is 3.24. The molecule has 132 valence electrons. The molecule has 9 heteroatoms. The number of primary amides is 1. The van der Waals surface area contributed by atoms with Gasteiger partial charge in [0.2, 0.25) is 11.8 Å². The normalized spacial score (nSPS) is 16.9. The lowest BCUT2D eigenvalue weighted by atomic mass is 10.2. The molecule has 1 saturated heterocycles. The van der Waals surface area contributed by atoms with Gasteiger partial charge < -0.3 is 16.0 Å². The lowest BCUT2D eigenvalue weighted by Crippen LogP contribution is -2.45. The second-order valence-corrected chi connectivity index (χ2v) is 6.53. The Morgan fingerprint density at radius 3 is 2.88 bits per heavy atom. The van der Waals surface area contributed by atoms with Gasteiger partial charge in [-0.25, -0.2) is 13.8 Å². The van der Waals surface area contributed by atoms with Crippen LogP contribution in [0.2, 0.25) is 0 Å². The van der Waals surface area contributed by atoms with Crippen molar-refractivity contribution < 1.29 is 18.4 Å². The molecule has 1 atom stereocenters. The Labute approximate surface area is 146 Å². The highest BCUT2D eigenvalue weighted by atomic mass is 32.1. The highest BCUT2D eigenvalue weighted by Crippen LogP contribution is 2.26. The van der Waals surface area contributed by atoms with Crippen LogP contribution in [0.3, 0.4) is 0 Å². The fraction of sp³-hybridized carbons (Fsp3) is 0.312. The summed E-state index contributed by atoms with van der Waals surface area (Å²) in [6, 6.07) is 2.99. The highest BCUT2D eigenvalue weighted by Gasteiger charge is 2.32. The van der Waals surface area contributed by atoms with Gasteiger partial charge >= 0.3 is 0 Å². The van der Waals surface area contributed by atoms with Crippen molar-refractivity contribution in [3.8, 4) is 11.3 Å². The Morgan fingerprint density at radius 2 is 2.16 bits per heavy atom.